The van der Waals surface area contributed by atoms with E-state index in [4.69, 9.17) is 4.74 Å². The van der Waals surface area contributed by atoms with Crippen LogP contribution in [0.5, 0.6) is 5.75 Å². The Balaban J connectivity index is 1.77. The van der Waals surface area contributed by atoms with Crippen LogP contribution in [0.25, 0.3) is 0 Å². The molecule has 0 aliphatic carbocycles. The SMILES string of the molecule is CCCCCC/N=C/c1ccc(OCc2ccc(SC(F)(F)F)cc2)cc1. The second-order valence-corrected chi connectivity index (χ2v) is 7.28. The molecule has 27 heavy (non-hydrogen) atoms. The molecule has 0 amide bonds. The number of thioether (sulfide) groups is 1. The number of unbranched alkanes of at least 4 members (excludes halogenated alkanes) is 3. The van der Waals surface area contributed by atoms with Gasteiger partial charge in [0.05, 0.1) is 0 Å². The molecule has 0 fully saturated rings. The summed E-state index contributed by atoms with van der Waals surface area (Å²) in [5.74, 6) is 0.712. The van der Waals surface area contributed by atoms with Crippen molar-refractivity contribution in [2.75, 3.05) is 6.54 Å². The van der Waals surface area contributed by atoms with Crippen LogP contribution in [-0.4, -0.2) is 18.3 Å². The highest BCUT2D eigenvalue weighted by Gasteiger charge is 2.28. The molecule has 2 rings (SSSR count). The third kappa shape index (κ3) is 9.00. The lowest BCUT2D eigenvalue weighted by Gasteiger charge is -2.08. The van der Waals surface area contributed by atoms with Gasteiger partial charge in [0.25, 0.3) is 0 Å². The molecule has 0 saturated heterocycles. The predicted octanol–water partition coefficient (Wildman–Crippen LogP) is 6.88. The summed E-state index contributed by atoms with van der Waals surface area (Å²) in [6.07, 6.45) is 6.68. The van der Waals surface area contributed by atoms with E-state index in [1.807, 2.05) is 30.5 Å². The maximum atomic E-state index is 12.3. The van der Waals surface area contributed by atoms with Crippen molar-refractivity contribution in [3.05, 3.63) is 59.7 Å². The van der Waals surface area contributed by atoms with E-state index in [2.05, 4.69) is 11.9 Å². The minimum absolute atomic E-state index is 0.116. The summed E-state index contributed by atoms with van der Waals surface area (Å²) in [6, 6.07) is 13.8. The van der Waals surface area contributed by atoms with E-state index in [9.17, 15) is 13.2 Å². The number of aliphatic imine (C=N–C) groups is 1. The quantitative estimate of drug-likeness (QED) is 0.248. The van der Waals surface area contributed by atoms with Crippen LogP contribution < -0.4 is 4.74 Å². The smallest absolute Gasteiger partial charge is 0.446 e. The van der Waals surface area contributed by atoms with Gasteiger partial charge in [-0.2, -0.15) is 13.2 Å². The summed E-state index contributed by atoms with van der Waals surface area (Å²) in [5.41, 5.74) is -2.43. The molecule has 0 spiro atoms. The van der Waals surface area contributed by atoms with E-state index in [-0.39, 0.29) is 16.7 Å². The van der Waals surface area contributed by atoms with Crippen molar-refractivity contribution < 1.29 is 17.9 Å². The normalized spacial score (nSPS) is 11.9. The lowest BCUT2D eigenvalue weighted by atomic mass is 10.2. The first kappa shape index (κ1) is 21.4. The van der Waals surface area contributed by atoms with Gasteiger partial charge in [0.2, 0.25) is 0 Å². The van der Waals surface area contributed by atoms with Gasteiger partial charge in [0.1, 0.15) is 12.4 Å². The van der Waals surface area contributed by atoms with Crippen LogP contribution in [0.1, 0.15) is 43.7 Å². The molecule has 0 bridgehead atoms. The average Bonchev–Trinajstić information content (AvgIpc) is 2.64. The van der Waals surface area contributed by atoms with Crippen LogP contribution >= 0.6 is 11.8 Å². The molecule has 0 aliphatic heterocycles. The monoisotopic (exact) mass is 395 g/mol. The van der Waals surface area contributed by atoms with Crippen molar-refractivity contribution in [2.45, 2.75) is 49.6 Å². The Bertz CT molecular complexity index is 697. The Kier molecular flexibility index (Phi) is 8.72. The van der Waals surface area contributed by atoms with Gasteiger partial charge >= 0.3 is 5.51 Å². The highest BCUT2D eigenvalue weighted by Crippen LogP contribution is 2.36. The summed E-state index contributed by atoms with van der Waals surface area (Å²) in [7, 11) is 0. The molecule has 2 nitrogen and oxygen atoms in total. The highest BCUT2D eigenvalue weighted by atomic mass is 32.2. The van der Waals surface area contributed by atoms with Crippen molar-refractivity contribution in [2.24, 2.45) is 4.99 Å². The Hall–Kier alpha value is -1.95. The molecule has 2 aromatic carbocycles. The van der Waals surface area contributed by atoms with E-state index >= 15 is 0 Å². The molecule has 2 aromatic rings. The van der Waals surface area contributed by atoms with Gasteiger partial charge in [-0.25, -0.2) is 0 Å². The number of nitrogens with zero attached hydrogens (tertiary/aromatic N) is 1. The zero-order valence-electron chi connectivity index (χ0n) is 15.3. The first-order chi connectivity index (χ1) is 13.0. The average molecular weight is 395 g/mol. The fourth-order valence-electron chi connectivity index (χ4n) is 2.40. The maximum absolute atomic E-state index is 12.3. The summed E-state index contributed by atoms with van der Waals surface area (Å²) in [5, 5.41) is 0. The first-order valence-corrected chi connectivity index (χ1v) is 9.85. The molecule has 0 heterocycles. The molecule has 0 aliphatic rings. The zero-order valence-corrected chi connectivity index (χ0v) is 16.2. The Morgan fingerprint density at radius 3 is 2.30 bits per heavy atom. The Morgan fingerprint density at radius 2 is 1.67 bits per heavy atom. The number of hydrogen-bond donors (Lipinski definition) is 0. The fraction of sp³-hybridized carbons (Fsp3) is 0.381. The largest absolute Gasteiger partial charge is 0.489 e. The van der Waals surface area contributed by atoms with E-state index in [0.29, 0.717) is 12.4 Å². The molecule has 0 unspecified atom stereocenters. The highest BCUT2D eigenvalue weighted by molar-refractivity contribution is 8.00. The minimum atomic E-state index is -4.27. The van der Waals surface area contributed by atoms with Crippen LogP contribution in [0.3, 0.4) is 0 Å². The van der Waals surface area contributed by atoms with Crippen molar-refractivity contribution >= 4 is 18.0 Å². The first-order valence-electron chi connectivity index (χ1n) is 9.03. The standard InChI is InChI=1S/C21H24F3NOS/c1-2-3-4-5-14-25-15-17-6-10-19(11-7-17)26-16-18-8-12-20(13-9-18)27-21(22,23)24/h6-13,15H,2-5,14,16H2,1H3/b25-15+. The van der Waals surface area contributed by atoms with E-state index in [1.54, 1.807) is 12.1 Å². The van der Waals surface area contributed by atoms with Crippen LogP contribution in [-0.2, 0) is 6.61 Å². The lowest BCUT2D eigenvalue weighted by molar-refractivity contribution is -0.0328. The molecular weight excluding hydrogens is 371 g/mol. The minimum Gasteiger partial charge on any atom is -0.489 e. The molecule has 146 valence electrons. The molecule has 0 aromatic heterocycles. The zero-order chi connectivity index (χ0) is 19.5. The summed E-state index contributed by atoms with van der Waals surface area (Å²) < 4.78 is 42.6. The second-order valence-electron chi connectivity index (χ2n) is 6.15. The van der Waals surface area contributed by atoms with Crippen molar-refractivity contribution in [1.29, 1.82) is 0 Å². The van der Waals surface area contributed by atoms with Crippen molar-refractivity contribution in [3.63, 3.8) is 0 Å². The third-order valence-corrected chi connectivity index (χ3v) is 4.56. The van der Waals surface area contributed by atoms with Crippen LogP contribution in [0.2, 0.25) is 0 Å². The predicted molar refractivity (Wildman–Crippen MR) is 106 cm³/mol. The van der Waals surface area contributed by atoms with Gasteiger partial charge in [-0.15, -0.1) is 0 Å². The van der Waals surface area contributed by atoms with Gasteiger partial charge in [0, 0.05) is 17.7 Å². The number of benzene rings is 2. The lowest BCUT2D eigenvalue weighted by Crippen LogP contribution is -1.99. The third-order valence-electron chi connectivity index (χ3n) is 3.82. The second kappa shape index (κ2) is 11.0. The number of alkyl halides is 3. The van der Waals surface area contributed by atoms with Gasteiger partial charge in [0.15, 0.2) is 0 Å². The Labute approximate surface area is 162 Å². The number of rotatable bonds is 10. The molecule has 6 heteroatoms. The Morgan fingerprint density at radius 1 is 0.963 bits per heavy atom. The van der Waals surface area contributed by atoms with Gasteiger partial charge in [-0.05, 0) is 65.7 Å². The molecule has 0 N–H and O–H groups in total. The van der Waals surface area contributed by atoms with E-state index < -0.39 is 5.51 Å². The molecular formula is C21H24F3NOS. The van der Waals surface area contributed by atoms with Crippen molar-refractivity contribution in [3.8, 4) is 5.75 Å². The number of halogens is 3. The summed E-state index contributed by atoms with van der Waals surface area (Å²) in [4.78, 5) is 4.59. The maximum Gasteiger partial charge on any atom is 0.446 e. The molecule has 0 atom stereocenters. The van der Waals surface area contributed by atoms with E-state index in [1.165, 1.54) is 31.4 Å². The fourth-order valence-corrected chi connectivity index (χ4v) is 2.94. The molecule has 0 saturated carbocycles. The van der Waals surface area contributed by atoms with Crippen LogP contribution in [0.15, 0.2) is 58.4 Å². The van der Waals surface area contributed by atoms with Gasteiger partial charge < -0.3 is 4.74 Å². The summed E-state index contributed by atoms with van der Waals surface area (Å²) in [6.45, 7) is 3.34. The topological polar surface area (TPSA) is 21.6 Å². The number of ether oxygens (including phenoxy) is 1. The van der Waals surface area contributed by atoms with Crippen molar-refractivity contribution in [1.82, 2.24) is 0 Å². The van der Waals surface area contributed by atoms with Gasteiger partial charge in [-0.3, -0.25) is 4.99 Å². The molecule has 0 radical (unpaired) electrons. The summed E-state index contributed by atoms with van der Waals surface area (Å²) >= 11 is -0.116. The van der Waals surface area contributed by atoms with Gasteiger partial charge in [-0.1, -0.05) is 38.3 Å². The van der Waals surface area contributed by atoms with Crippen LogP contribution in [0.4, 0.5) is 13.2 Å². The van der Waals surface area contributed by atoms with E-state index in [0.717, 1.165) is 24.1 Å². The number of hydrogen-bond acceptors (Lipinski definition) is 3. The van der Waals surface area contributed by atoms with Crippen LogP contribution in [0, 0.1) is 0 Å².